The van der Waals surface area contributed by atoms with Gasteiger partial charge in [-0.25, -0.2) is 0 Å². The molecule has 3 nitrogen and oxygen atoms in total. The Balaban J connectivity index is 1.98. The molecule has 1 N–H and O–H groups in total. The third kappa shape index (κ3) is 4.22. The summed E-state index contributed by atoms with van der Waals surface area (Å²) in [5.74, 6) is 1.02. The van der Waals surface area contributed by atoms with Crippen molar-refractivity contribution in [3.63, 3.8) is 0 Å². The van der Waals surface area contributed by atoms with Crippen LogP contribution in [0.4, 0.5) is 0 Å². The van der Waals surface area contributed by atoms with Gasteiger partial charge in [0.15, 0.2) is 0 Å². The predicted octanol–water partition coefficient (Wildman–Crippen LogP) is 3.44. The highest BCUT2D eigenvalue weighted by Crippen LogP contribution is 2.26. The number of benzene rings is 1. The topological polar surface area (TPSA) is 30.5 Å². The number of rotatable bonds is 6. The SMILES string of the molecule is Cc1cccc(CNC(C)C)c1OCC1CCC(C)O1. The number of ether oxygens (including phenoxy) is 2. The molecule has 20 heavy (non-hydrogen) atoms. The smallest absolute Gasteiger partial charge is 0.126 e. The van der Waals surface area contributed by atoms with Gasteiger partial charge in [-0.1, -0.05) is 32.0 Å². The second-order valence-corrected chi connectivity index (χ2v) is 6.06. The van der Waals surface area contributed by atoms with Crippen molar-refractivity contribution >= 4 is 0 Å². The van der Waals surface area contributed by atoms with Gasteiger partial charge in [0.05, 0.1) is 12.2 Å². The third-order valence-corrected chi connectivity index (χ3v) is 3.73. The molecule has 0 spiro atoms. The standard InChI is InChI=1S/C17H27NO2/c1-12(2)18-10-15-7-5-6-13(3)17(15)19-11-16-9-8-14(4)20-16/h5-7,12,14,16,18H,8-11H2,1-4H3. The molecule has 0 radical (unpaired) electrons. The van der Waals surface area contributed by atoms with Crippen LogP contribution in [-0.4, -0.2) is 24.9 Å². The summed E-state index contributed by atoms with van der Waals surface area (Å²) in [6, 6.07) is 6.80. The average Bonchev–Trinajstić information content (AvgIpc) is 2.81. The Hall–Kier alpha value is -1.06. The molecule has 1 aliphatic rings. The minimum absolute atomic E-state index is 0.246. The zero-order valence-electron chi connectivity index (χ0n) is 13.1. The molecular weight excluding hydrogens is 250 g/mol. The molecule has 0 bridgehead atoms. The van der Waals surface area contributed by atoms with Crippen LogP contribution in [0.5, 0.6) is 5.75 Å². The third-order valence-electron chi connectivity index (χ3n) is 3.73. The predicted molar refractivity (Wildman–Crippen MR) is 82.2 cm³/mol. The minimum Gasteiger partial charge on any atom is -0.490 e. The van der Waals surface area contributed by atoms with E-state index in [1.807, 2.05) is 0 Å². The molecule has 0 amide bonds. The summed E-state index contributed by atoms with van der Waals surface area (Å²) < 4.78 is 11.9. The highest BCUT2D eigenvalue weighted by molar-refractivity contribution is 5.40. The van der Waals surface area contributed by atoms with Crippen molar-refractivity contribution in [2.75, 3.05) is 6.61 Å². The Morgan fingerprint density at radius 3 is 2.80 bits per heavy atom. The molecule has 1 aromatic rings. The lowest BCUT2D eigenvalue weighted by atomic mass is 10.1. The first-order chi connectivity index (χ1) is 9.56. The Morgan fingerprint density at radius 1 is 1.35 bits per heavy atom. The highest BCUT2D eigenvalue weighted by Gasteiger charge is 2.22. The molecule has 112 valence electrons. The van der Waals surface area contributed by atoms with Crippen LogP contribution in [0.2, 0.25) is 0 Å². The molecule has 0 saturated carbocycles. The van der Waals surface area contributed by atoms with Gasteiger partial charge in [0, 0.05) is 18.2 Å². The quantitative estimate of drug-likeness (QED) is 0.864. The molecule has 0 aliphatic carbocycles. The normalized spacial score (nSPS) is 22.4. The van der Waals surface area contributed by atoms with Gasteiger partial charge in [-0.15, -0.1) is 0 Å². The zero-order valence-corrected chi connectivity index (χ0v) is 13.1. The number of hydrogen-bond acceptors (Lipinski definition) is 3. The van der Waals surface area contributed by atoms with Crippen LogP contribution in [0, 0.1) is 6.92 Å². The van der Waals surface area contributed by atoms with E-state index in [1.165, 1.54) is 11.1 Å². The molecule has 1 saturated heterocycles. The molecule has 1 aliphatic heterocycles. The first kappa shape index (κ1) is 15.3. The Bertz CT molecular complexity index is 431. The van der Waals surface area contributed by atoms with Crippen LogP contribution in [0.25, 0.3) is 0 Å². The van der Waals surface area contributed by atoms with Gasteiger partial charge in [0.1, 0.15) is 12.4 Å². The van der Waals surface area contributed by atoms with Crippen LogP contribution in [-0.2, 0) is 11.3 Å². The summed E-state index contributed by atoms with van der Waals surface area (Å²) in [5.41, 5.74) is 2.42. The molecule has 2 rings (SSSR count). The summed E-state index contributed by atoms with van der Waals surface area (Å²) in [5, 5.41) is 3.45. The molecule has 2 unspecified atom stereocenters. The van der Waals surface area contributed by atoms with E-state index < -0.39 is 0 Å². The van der Waals surface area contributed by atoms with E-state index in [0.717, 1.165) is 25.1 Å². The molecule has 1 fully saturated rings. The molecule has 1 heterocycles. The first-order valence-corrected chi connectivity index (χ1v) is 7.66. The van der Waals surface area contributed by atoms with Gasteiger partial charge >= 0.3 is 0 Å². The van der Waals surface area contributed by atoms with E-state index in [1.54, 1.807) is 0 Å². The fourth-order valence-corrected chi connectivity index (χ4v) is 2.56. The van der Waals surface area contributed by atoms with Crippen LogP contribution in [0.1, 0.15) is 44.7 Å². The maximum atomic E-state index is 6.07. The van der Waals surface area contributed by atoms with Crippen LogP contribution < -0.4 is 10.1 Å². The number of aryl methyl sites for hydroxylation is 1. The van der Waals surface area contributed by atoms with E-state index >= 15 is 0 Å². The van der Waals surface area contributed by atoms with Crippen LogP contribution in [0.3, 0.4) is 0 Å². The monoisotopic (exact) mass is 277 g/mol. The molecule has 2 atom stereocenters. The van der Waals surface area contributed by atoms with Crippen molar-refractivity contribution < 1.29 is 9.47 Å². The Labute approximate surface area is 122 Å². The van der Waals surface area contributed by atoms with Gasteiger partial charge in [0.2, 0.25) is 0 Å². The maximum Gasteiger partial charge on any atom is 0.126 e. The van der Waals surface area contributed by atoms with Crippen molar-refractivity contribution in [3.05, 3.63) is 29.3 Å². The molecular formula is C17H27NO2. The minimum atomic E-state index is 0.246. The second-order valence-electron chi connectivity index (χ2n) is 6.06. The molecule has 0 aromatic heterocycles. The van der Waals surface area contributed by atoms with Crippen LogP contribution >= 0.6 is 0 Å². The van der Waals surface area contributed by atoms with Crippen molar-refractivity contribution in [1.82, 2.24) is 5.32 Å². The van der Waals surface area contributed by atoms with Gasteiger partial charge in [-0.05, 0) is 32.3 Å². The molecule has 1 aromatic carbocycles. The number of para-hydroxylation sites is 1. The van der Waals surface area contributed by atoms with E-state index in [9.17, 15) is 0 Å². The van der Waals surface area contributed by atoms with E-state index in [-0.39, 0.29) is 6.10 Å². The van der Waals surface area contributed by atoms with Gasteiger partial charge in [0.25, 0.3) is 0 Å². The average molecular weight is 277 g/mol. The zero-order chi connectivity index (χ0) is 14.5. The number of hydrogen-bond donors (Lipinski definition) is 1. The first-order valence-electron chi connectivity index (χ1n) is 7.66. The second kappa shape index (κ2) is 7.09. The fourth-order valence-electron chi connectivity index (χ4n) is 2.56. The van der Waals surface area contributed by atoms with Crippen molar-refractivity contribution in [2.45, 2.75) is 65.3 Å². The summed E-state index contributed by atoms with van der Waals surface area (Å²) in [6.07, 6.45) is 2.87. The van der Waals surface area contributed by atoms with Gasteiger partial charge in [-0.2, -0.15) is 0 Å². The maximum absolute atomic E-state index is 6.07. The summed E-state index contributed by atoms with van der Waals surface area (Å²) in [7, 11) is 0. The summed E-state index contributed by atoms with van der Waals surface area (Å²) in [4.78, 5) is 0. The van der Waals surface area contributed by atoms with Gasteiger partial charge < -0.3 is 14.8 Å². The number of nitrogens with one attached hydrogen (secondary N) is 1. The Kier molecular flexibility index (Phi) is 5.44. The van der Waals surface area contributed by atoms with E-state index in [0.29, 0.717) is 18.8 Å². The largest absolute Gasteiger partial charge is 0.490 e. The van der Waals surface area contributed by atoms with Crippen LogP contribution in [0.15, 0.2) is 18.2 Å². The lowest BCUT2D eigenvalue weighted by molar-refractivity contribution is 0.0261. The highest BCUT2D eigenvalue weighted by atomic mass is 16.5. The van der Waals surface area contributed by atoms with Crippen molar-refractivity contribution in [2.24, 2.45) is 0 Å². The van der Waals surface area contributed by atoms with Gasteiger partial charge in [-0.3, -0.25) is 0 Å². The van der Waals surface area contributed by atoms with Crippen molar-refractivity contribution in [1.29, 1.82) is 0 Å². The fraction of sp³-hybridized carbons (Fsp3) is 0.647. The lowest BCUT2D eigenvalue weighted by Gasteiger charge is -2.18. The summed E-state index contributed by atoms with van der Waals surface area (Å²) >= 11 is 0. The van der Waals surface area contributed by atoms with E-state index in [2.05, 4.69) is 51.2 Å². The van der Waals surface area contributed by atoms with E-state index in [4.69, 9.17) is 9.47 Å². The summed E-state index contributed by atoms with van der Waals surface area (Å²) in [6.45, 7) is 10.0. The molecule has 3 heteroatoms. The van der Waals surface area contributed by atoms with Crippen molar-refractivity contribution in [3.8, 4) is 5.75 Å². The lowest BCUT2D eigenvalue weighted by Crippen LogP contribution is -2.23. The Morgan fingerprint density at radius 2 is 2.15 bits per heavy atom.